The Labute approximate surface area is 173 Å². The number of ether oxygens (including phenoxy) is 1. The summed E-state index contributed by atoms with van der Waals surface area (Å²) in [5, 5.41) is 8.57. The number of hydrogen-bond acceptors (Lipinski definition) is 6. The van der Waals surface area contributed by atoms with Gasteiger partial charge in [-0.05, 0) is 12.0 Å². The van der Waals surface area contributed by atoms with Crippen molar-refractivity contribution in [3.05, 3.63) is 54.6 Å². The molecule has 0 spiro atoms. The second-order valence-electron chi connectivity index (χ2n) is 6.68. The van der Waals surface area contributed by atoms with E-state index >= 15 is 0 Å². The molecule has 0 radical (unpaired) electrons. The van der Waals surface area contributed by atoms with E-state index in [0.29, 0.717) is 22.5 Å². The van der Waals surface area contributed by atoms with Gasteiger partial charge in [-0.15, -0.1) is 0 Å². The van der Waals surface area contributed by atoms with Gasteiger partial charge in [-0.3, -0.25) is 4.68 Å². The lowest BCUT2D eigenvalue weighted by Gasteiger charge is -2.10. The predicted octanol–water partition coefficient (Wildman–Crippen LogP) is 0.994. The maximum absolute atomic E-state index is 12.2. The van der Waals surface area contributed by atoms with E-state index < -0.39 is 10.2 Å². The molecule has 0 N–H and O–H groups in total. The molecule has 30 heavy (non-hydrogen) atoms. The Hall–Kier alpha value is -3.62. The van der Waals surface area contributed by atoms with Crippen molar-refractivity contribution >= 4 is 15.7 Å². The van der Waals surface area contributed by atoms with Crippen LogP contribution < -0.4 is 4.74 Å². The minimum Gasteiger partial charge on any atom is -0.494 e. The number of aryl methyl sites for hydroxylation is 1. The number of pyridine rings is 1. The smallest absolute Gasteiger partial charge is 0.308 e. The molecule has 0 aliphatic rings. The van der Waals surface area contributed by atoms with E-state index in [2.05, 4.69) is 27.0 Å². The third-order valence-electron chi connectivity index (χ3n) is 4.45. The molecule has 0 unspecified atom stereocenters. The predicted molar refractivity (Wildman–Crippen MR) is 110 cm³/mol. The fourth-order valence-electron chi connectivity index (χ4n) is 2.88. The highest BCUT2D eigenvalue weighted by Crippen LogP contribution is 2.29. The van der Waals surface area contributed by atoms with Crippen LogP contribution in [0.4, 0.5) is 0 Å². The first-order valence-corrected chi connectivity index (χ1v) is 10.2. The highest BCUT2D eigenvalue weighted by Gasteiger charge is 2.16. The molecule has 10 nitrogen and oxygen atoms in total. The van der Waals surface area contributed by atoms with Crippen LogP contribution >= 0.6 is 0 Å². The molecule has 0 bridgehead atoms. The highest BCUT2D eigenvalue weighted by atomic mass is 32.2. The van der Waals surface area contributed by atoms with E-state index in [0.717, 1.165) is 19.4 Å². The monoisotopic (exact) mass is 425 g/mol. The van der Waals surface area contributed by atoms with Crippen LogP contribution in [0, 0.1) is 11.8 Å². The van der Waals surface area contributed by atoms with Crippen LogP contribution in [0.1, 0.15) is 11.3 Å². The standard InChI is InChI=1S/C19H19N7O3S/c1-23(2)30(27,28)25-12-17(20-13-25)6-5-14-8-22-26-11-15(7-18(29-4)19(14)26)16-9-21-24(3)10-16/h7-13H,1-4H3. The van der Waals surface area contributed by atoms with Crippen LogP contribution in [0.15, 0.2) is 43.4 Å². The molecule has 0 fully saturated rings. The van der Waals surface area contributed by atoms with Crippen LogP contribution in [-0.2, 0) is 17.3 Å². The van der Waals surface area contributed by atoms with E-state index in [1.54, 1.807) is 28.7 Å². The lowest BCUT2D eigenvalue weighted by molar-refractivity contribution is 0.417. The van der Waals surface area contributed by atoms with Crippen molar-refractivity contribution in [1.29, 1.82) is 0 Å². The molecular formula is C19H19N7O3S. The van der Waals surface area contributed by atoms with Gasteiger partial charge in [0.25, 0.3) is 0 Å². The number of imidazole rings is 1. The van der Waals surface area contributed by atoms with Gasteiger partial charge in [0.15, 0.2) is 0 Å². The Kier molecular flexibility index (Phi) is 4.81. The molecule has 4 heterocycles. The minimum atomic E-state index is -3.63. The minimum absolute atomic E-state index is 0.325. The first kappa shape index (κ1) is 19.7. The Morgan fingerprint density at radius 3 is 2.53 bits per heavy atom. The van der Waals surface area contributed by atoms with Crippen molar-refractivity contribution in [1.82, 2.24) is 32.7 Å². The van der Waals surface area contributed by atoms with Crippen LogP contribution in [0.2, 0.25) is 0 Å². The van der Waals surface area contributed by atoms with Gasteiger partial charge in [0.1, 0.15) is 23.3 Å². The molecular weight excluding hydrogens is 406 g/mol. The number of aromatic nitrogens is 6. The van der Waals surface area contributed by atoms with Crippen LogP contribution in [0.3, 0.4) is 0 Å². The summed E-state index contributed by atoms with van der Waals surface area (Å²) in [5.74, 6) is 6.50. The average Bonchev–Trinajstić information content (AvgIpc) is 3.45. The van der Waals surface area contributed by atoms with E-state index in [-0.39, 0.29) is 0 Å². The molecule has 0 atom stereocenters. The fraction of sp³-hybridized carbons (Fsp3) is 0.211. The summed E-state index contributed by atoms with van der Waals surface area (Å²) in [6.07, 6.45) is 9.76. The maximum Gasteiger partial charge on any atom is 0.308 e. The summed E-state index contributed by atoms with van der Waals surface area (Å²) in [6.45, 7) is 0. The van der Waals surface area contributed by atoms with Gasteiger partial charge >= 0.3 is 10.2 Å². The molecule has 0 amide bonds. The first-order valence-electron chi connectivity index (χ1n) is 8.83. The summed E-state index contributed by atoms with van der Waals surface area (Å²) in [6, 6.07) is 1.90. The molecule has 4 aromatic rings. The molecule has 11 heteroatoms. The van der Waals surface area contributed by atoms with Gasteiger partial charge < -0.3 is 4.74 Å². The summed E-state index contributed by atoms with van der Waals surface area (Å²) < 4.78 is 35.4. The van der Waals surface area contributed by atoms with E-state index in [9.17, 15) is 8.42 Å². The topological polar surface area (TPSA) is 99.5 Å². The number of methoxy groups -OCH3 is 1. The van der Waals surface area contributed by atoms with E-state index in [1.165, 1.54) is 26.6 Å². The van der Waals surface area contributed by atoms with E-state index in [4.69, 9.17) is 4.74 Å². The Morgan fingerprint density at radius 1 is 1.07 bits per heavy atom. The van der Waals surface area contributed by atoms with Gasteiger partial charge in [0.2, 0.25) is 0 Å². The van der Waals surface area contributed by atoms with Gasteiger partial charge in [-0.1, -0.05) is 5.92 Å². The summed E-state index contributed by atoms with van der Waals surface area (Å²) in [5.41, 5.74) is 3.51. The Morgan fingerprint density at radius 2 is 1.87 bits per heavy atom. The number of hydrogen-bond donors (Lipinski definition) is 0. The van der Waals surface area contributed by atoms with Crippen molar-refractivity contribution < 1.29 is 13.2 Å². The summed E-state index contributed by atoms with van der Waals surface area (Å²) in [7, 11) is 2.71. The van der Waals surface area contributed by atoms with Crippen molar-refractivity contribution in [2.45, 2.75) is 0 Å². The fourth-order valence-corrected chi connectivity index (χ4v) is 3.65. The molecule has 4 rings (SSSR count). The zero-order chi connectivity index (χ0) is 21.5. The van der Waals surface area contributed by atoms with Crippen LogP contribution in [0.5, 0.6) is 5.75 Å². The summed E-state index contributed by atoms with van der Waals surface area (Å²) >= 11 is 0. The van der Waals surface area contributed by atoms with Gasteiger partial charge in [0, 0.05) is 44.7 Å². The number of rotatable bonds is 4. The van der Waals surface area contributed by atoms with Crippen LogP contribution in [0.25, 0.3) is 16.6 Å². The van der Waals surface area contributed by atoms with Gasteiger partial charge in [0.05, 0.1) is 31.3 Å². The van der Waals surface area contributed by atoms with Crippen molar-refractivity contribution in [3.63, 3.8) is 0 Å². The van der Waals surface area contributed by atoms with Crippen LogP contribution in [-0.4, -0.2) is 62.3 Å². The molecule has 154 valence electrons. The molecule has 0 saturated heterocycles. The van der Waals surface area contributed by atoms with Gasteiger partial charge in [-0.25, -0.2) is 13.5 Å². The maximum atomic E-state index is 12.2. The van der Waals surface area contributed by atoms with E-state index in [1.807, 2.05) is 25.5 Å². The van der Waals surface area contributed by atoms with Crippen molar-refractivity contribution in [3.8, 4) is 28.7 Å². The second-order valence-corrected chi connectivity index (χ2v) is 8.73. The second kappa shape index (κ2) is 7.33. The Balaban J connectivity index is 1.73. The third-order valence-corrected chi connectivity index (χ3v) is 6.10. The third kappa shape index (κ3) is 3.42. The quantitative estimate of drug-likeness (QED) is 0.452. The number of fused-ring (bicyclic) bond motifs is 1. The lowest BCUT2D eigenvalue weighted by atomic mass is 10.1. The number of nitrogens with zero attached hydrogens (tertiary/aromatic N) is 7. The van der Waals surface area contributed by atoms with Gasteiger partial charge in [-0.2, -0.15) is 22.9 Å². The average molecular weight is 425 g/mol. The highest BCUT2D eigenvalue weighted by molar-refractivity contribution is 7.87. The SMILES string of the molecule is COc1cc(-c2cnn(C)c2)cn2ncc(C#Cc3cn(S(=O)(=O)N(C)C)cn3)c12. The molecule has 0 saturated carbocycles. The normalized spacial score (nSPS) is 11.6. The zero-order valence-electron chi connectivity index (χ0n) is 16.8. The Bertz CT molecular complexity index is 1400. The zero-order valence-corrected chi connectivity index (χ0v) is 17.6. The largest absolute Gasteiger partial charge is 0.494 e. The molecule has 0 aliphatic carbocycles. The lowest BCUT2D eigenvalue weighted by Crippen LogP contribution is -2.27. The molecule has 0 aromatic carbocycles. The van der Waals surface area contributed by atoms with Crippen molar-refractivity contribution in [2.75, 3.05) is 21.2 Å². The van der Waals surface area contributed by atoms with Crippen molar-refractivity contribution in [2.24, 2.45) is 7.05 Å². The first-order chi connectivity index (χ1) is 14.3. The molecule has 4 aromatic heterocycles. The summed E-state index contributed by atoms with van der Waals surface area (Å²) in [4.78, 5) is 4.06. The molecule has 0 aliphatic heterocycles.